The molecule has 0 radical (unpaired) electrons. The highest BCUT2D eigenvalue weighted by molar-refractivity contribution is 7.85. The summed E-state index contributed by atoms with van der Waals surface area (Å²) in [4.78, 5) is 2.04. The SMILES string of the molecule is CCCOc1cc(N2CCS(=O)CC2)c(N)cc1F. The van der Waals surface area contributed by atoms with E-state index in [2.05, 4.69) is 0 Å². The second-order valence-electron chi connectivity index (χ2n) is 4.53. The van der Waals surface area contributed by atoms with E-state index in [0.717, 1.165) is 12.1 Å². The molecule has 1 fully saturated rings. The first-order valence-electron chi connectivity index (χ1n) is 6.43. The Bertz CT molecular complexity index is 472. The zero-order valence-electron chi connectivity index (χ0n) is 11.0. The summed E-state index contributed by atoms with van der Waals surface area (Å²) in [6.45, 7) is 3.80. The van der Waals surface area contributed by atoms with Gasteiger partial charge in [0.15, 0.2) is 11.6 Å². The minimum Gasteiger partial charge on any atom is -0.490 e. The first-order valence-corrected chi connectivity index (χ1v) is 7.92. The van der Waals surface area contributed by atoms with Gasteiger partial charge in [-0.2, -0.15) is 0 Å². The van der Waals surface area contributed by atoms with Gasteiger partial charge < -0.3 is 15.4 Å². The quantitative estimate of drug-likeness (QED) is 0.857. The number of nitrogens with zero attached hydrogens (tertiary/aromatic N) is 1. The molecule has 0 aliphatic carbocycles. The molecular formula is C13H19FN2O2S. The third kappa shape index (κ3) is 3.37. The molecule has 4 nitrogen and oxygen atoms in total. The Hall–Kier alpha value is -1.30. The van der Waals surface area contributed by atoms with Gasteiger partial charge in [-0.1, -0.05) is 6.92 Å². The Kier molecular flexibility index (Phi) is 4.63. The first-order chi connectivity index (χ1) is 9.11. The van der Waals surface area contributed by atoms with Gasteiger partial charge in [0, 0.05) is 47.5 Å². The summed E-state index contributed by atoms with van der Waals surface area (Å²) >= 11 is 0. The number of nitrogens with two attached hydrogens (primary N) is 1. The van der Waals surface area contributed by atoms with E-state index in [0.29, 0.717) is 36.9 Å². The summed E-state index contributed by atoms with van der Waals surface area (Å²) in [5.74, 6) is 1.05. The van der Waals surface area contributed by atoms with Crippen molar-refractivity contribution < 1.29 is 13.3 Å². The first kappa shape index (κ1) is 14.1. The van der Waals surface area contributed by atoms with Gasteiger partial charge in [-0.3, -0.25) is 4.21 Å². The molecule has 1 heterocycles. The van der Waals surface area contributed by atoms with Gasteiger partial charge >= 0.3 is 0 Å². The van der Waals surface area contributed by atoms with Crippen LogP contribution < -0.4 is 15.4 Å². The molecular weight excluding hydrogens is 267 g/mol. The van der Waals surface area contributed by atoms with Crippen molar-refractivity contribution in [1.29, 1.82) is 0 Å². The van der Waals surface area contributed by atoms with Crippen LogP contribution in [0, 0.1) is 5.82 Å². The van der Waals surface area contributed by atoms with Gasteiger partial charge in [0.25, 0.3) is 0 Å². The van der Waals surface area contributed by atoms with Crippen LogP contribution in [0.1, 0.15) is 13.3 Å². The van der Waals surface area contributed by atoms with Crippen LogP contribution in [0.4, 0.5) is 15.8 Å². The minimum absolute atomic E-state index is 0.234. The van der Waals surface area contributed by atoms with Crippen LogP contribution >= 0.6 is 0 Å². The summed E-state index contributed by atoms with van der Waals surface area (Å²) in [5.41, 5.74) is 7.04. The molecule has 2 rings (SSSR count). The molecule has 0 atom stereocenters. The Morgan fingerprint density at radius 1 is 1.42 bits per heavy atom. The summed E-state index contributed by atoms with van der Waals surface area (Å²) < 4.78 is 30.4. The average molecular weight is 286 g/mol. The van der Waals surface area contributed by atoms with Gasteiger partial charge in [0.1, 0.15) is 0 Å². The molecule has 0 unspecified atom stereocenters. The van der Waals surface area contributed by atoms with E-state index in [1.165, 1.54) is 6.07 Å². The van der Waals surface area contributed by atoms with Crippen molar-refractivity contribution in [2.75, 3.05) is 41.8 Å². The lowest BCUT2D eigenvalue weighted by Crippen LogP contribution is -2.38. The monoisotopic (exact) mass is 286 g/mol. The van der Waals surface area contributed by atoms with Crippen molar-refractivity contribution in [3.8, 4) is 5.75 Å². The summed E-state index contributed by atoms with van der Waals surface area (Å²) in [5, 5.41) is 0. The Morgan fingerprint density at radius 3 is 2.74 bits per heavy atom. The van der Waals surface area contributed by atoms with E-state index in [9.17, 15) is 8.60 Å². The van der Waals surface area contributed by atoms with Crippen LogP contribution in [-0.2, 0) is 10.8 Å². The molecule has 0 spiro atoms. The molecule has 1 aliphatic heterocycles. The largest absolute Gasteiger partial charge is 0.490 e. The van der Waals surface area contributed by atoms with Crippen molar-refractivity contribution in [3.63, 3.8) is 0 Å². The number of hydrogen-bond donors (Lipinski definition) is 1. The third-order valence-electron chi connectivity index (χ3n) is 3.06. The van der Waals surface area contributed by atoms with Crippen LogP contribution in [0.3, 0.4) is 0 Å². The predicted octanol–water partition coefficient (Wildman–Crippen LogP) is 1.77. The van der Waals surface area contributed by atoms with E-state index >= 15 is 0 Å². The number of halogens is 1. The lowest BCUT2D eigenvalue weighted by atomic mass is 10.2. The zero-order chi connectivity index (χ0) is 13.8. The second kappa shape index (κ2) is 6.23. The van der Waals surface area contributed by atoms with Crippen molar-refractivity contribution in [2.24, 2.45) is 0 Å². The van der Waals surface area contributed by atoms with Gasteiger partial charge in [0.05, 0.1) is 18.0 Å². The fourth-order valence-electron chi connectivity index (χ4n) is 2.03. The number of rotatable bonds is 4. The number of hydrogen-bond acceptors (Lipinski definition) is 4. The Balaban J connectivity index is 2.21. The lowest BCUT2D eigenvalue weighted by molar-refractivity contribution is 0.301. The maximum absolute atomic E-state index is 13.7. The van der Waals surface area contributed by atoms with Crippen LogP contribution in [0.2, 0.25) is 0 Å². The zero-order valence-corrected chi connectivity index (χ0v) is 11.8. The predicted molar refractivity (Wildman–Crippen MR) is 76.7 cm³/mol. The molecule has 2 N–H and O–H groups in total. The highest BCUT2D eigenvalue weighted by Gasteiger charge is 2.19. The van der Waals surface area contributed by atoms with E-state index in [-0.39, 0.29) is 5.75 Å². The molecule has 6 heteroatoms. The number of ether oxygens (including phenoxy) is 1. The molecule has 19 heavy (non-hydrogen) atoms. The van der Waals surface area contributed by atoms with Crippen molar-refractivity contribution in [1.82, 2.24) is 0 Å². The van der Waals surface area contributed by atoms with Crippen molar-refractivity contribution >= 4 is 22.2 Å². The summed E-state index contributed by atoms with van der Waals surface area (Å²) in [6, 6.07) is 2.94. The van der Waals surface area contributed by atoms with Gasteiger partial charge in [-0.15, -0.1) is 0 Å². The van der Waals surface area contributed by atoms with E-state index in [1.54, 1.807) is 6.07 Å². The van der Waals surface area contributed by atoms with Gasteiger partial charge in [0.2, 0.25) is 0 Å². The molecule has 0 saturated carbocycles. The Labute approximate surface area is 115 Å². The van der Waals surface area contributed by atoms with Crippen LogP contribution in [0.25, 0.3) is 0 Å². The molecule has 1 aliphatic rings. The van der Waals surface area contributed by atoms with Crippen LogP contribution in [-0.4, -0.2) is 35.4 Å². The molecule has 106 valence electrons. The topological polar surface area (TPSA) is 55.6 Å². The standard InChI is InChI=1S/C13H19FN2O2S/c1-2-5-18-13-9-12(11(15)8-10(13)14)16-3-6-19(17)7-4-16/h8-9H,2-7,15H2,1H3. The third-order valence-corrected chi connectivity index (χ3v) is 4.34. The number of nitrogen functional groups attached to an aromatic ring is 1. The van der Waals surface area contributed by atoms with E-state index in [1.807, 2.05) is 11.8 Å². The maximum atomic E-state index is 13.7. The summed E-state index contributed by atoms with van der Waals surface area (Å²) in [6.07, 6.45) is 0.821. The number of anilines is 2. The molecule has 1 aromatic carbocycles. The number of benzene rings is 1. The van der Waals surface area contributed by atoms with Crippen LogP contribution in [0.5, 0.6) is 5.75 Å². The lowest BCUT2D eigenvalue weighted by Gasteiger charge is -2.29. The maximum Gasteiger partial charge on any atom is 0.167 e. The normalized spacial score (nSPS) is 16.6. The molecule has 0 aromatic heterocycles. The molecule has 0 bridgehead atoms. The van der Waals surface area contributed by atoms with Crippen LogP contribution in [0.15, 0.2) is 12.1 Å². The molecule has 1 aromatic rings. The average Bonchev–Trinajstić information content (AvgIpc) is 2.39. The molecule has 0 amide bonds. The highest BCUT2D eigenvalue weighted by atomic mass is 32.2. The highest BCUT2D eigenvalue weighted by Crippen LogP contribution is 2.31. The van der Waals surface area contributed by atoms with Gasteiger partial charge in [-0.25, -0.2) is 4.39 Å². The van der Waals surface area contributed by atoms with Crippen molar-refractivity contribution in [2.45, 2.75) is 13.3 Å². The summed E-state index contributed by atoms with van der Waals surface area (Å²) in [7, 11) is -0.744. The Morgan fingerprint density at radius 2 is 2.11 bits per heavy atom. The minimum atomic E-state index is -0.744. The van der Waals surface area contributed by atoms with Crippen molar-refractivity contribution in [3.05, 3.63) is 17.9 Å². The fourth-order valence-corrected chi connectivity index (χ4v) is 3.09. The molecule has 1 saturated heterocycles. The second-order valence-corrected chi connectivity index (χ2v) is 6.22. The van der Waals surface area contributed by atoms with E-state index in [4.69, 9.17) is 10.5 Å². The van der Waals surface area contributed by atoms with Gasteiger partial charge in [-0.05, 0) is 6.42 Å². The smallest absolute Gasteiger partial charge is 0.167 e. The fraction of sp³-hybridized carbons (Fsp3) is 0.538. The van der Waals surface area contributed by atoms with E-state index < -0.39 is 16.6 Å².